The molecule has 0 aliphatic rings. The van der Waals surface area contributed by atoms with Crippen LogP contribution in [-0.2, 0) is 6.61 Å². The van der Waals surface area contributed by atoms with Crippen LogP contribution in [0.15, 0.2) is 36.5 Å². The van der Waals surface area contributed by atoms with Gasteiger partial charge in [-0.25, -0.2) is 9.97 Å². The van der Waals surface area contributed by atoms with Crippen molar-refractivity contribution in [3.05, 3.63) is 47.2 Å². The van der Waals surface area contributed by atoms with Gasteiger partial charge in [0.2, 0.25) is 5.95 Å². The maximum atomic E-state index is 8.93. The van der Waals surface area contributed by atoms with Crippen LogP contribution in [0, 0.1) is 0 Å². The largest absolute Gasteiger partial charge is 0.390 e. The van der Waals surface area contributed by atoms with Crippen molar-refractivity contribution >= 4 is 23.2 Å². The Bertz CT molecular complexity index is 473. The molecule has 0 aliphatic carbocycles. The van der Waals surface area contributed by atoms with Crippen LogP contribution >= 0.6 is 11.6 Å². The van der Waals surface area contributed by atoms with E-state index in [0.29, 0.717) is 16.7 Å². The summed E-state index contributed by atoms with van der Waals surface area (Å²) in [5, 5.41) is 12.6. The molecule has 0 bridgehead atoms. The van der Waals surface area contributed by atoms with Crippen LogP contribution in [0.25, 0.3) is 0 Å². The Morgan fingerprint density at radius 2 is 1.94 bits per heavy atom. The first-order valence-electron chi connectivity index (χ1n) is 4.73. The van der Waals surface area contributed by atoms with E-state index in [2.05, 4.69) is 15.3 Å². The maximum absolute atomic E-state index is 8.93. The van der Waals surface area contributed by atoms with Crippen molar-refractivity contribution in [2.24, 2.45) is 0 Å². The van der Waals surface area contributed by atoms with Gasteiger partial charge in [-0.2, -0.15) is 0 Å². The Labute approximate surface area is 97.9 Å². The summed E-state index contributed by atoms with van der Waals surface area (Å²) in [6, 6.07) is 8.88. The third kappa shape index (κ3) is 2.68. The van der Waals surface area contributed by atoms with Crippen LogP contribution in [0.1, 0.15) is 5.69 Å². The number of hydrogen-bond donors (Lipinski definition) is 2. The Balaban J connectivity index is 2.16. The zero-order valence-electron chi connectivity index (χ0n) is 8.39. The summed E-state index contributed by atoms with van der Waals surface area (Å²) in [5.74, 6) is 0.453. The average Bonchev–Trinajstić information content (AvgIpc) is 2.32. The summed E-state index contributed by atoms with van der Waals surface area (Å²) in [7, 11) is 0. The normalized spacial score (nSPS) is 10.1. The Hall–Kier alpha value is -1.65. The molecule has 0 atom stereocenters. The molecule has 16 heavy (non-hydrogen) atoms. The zero-order chi connectivity index (χ0) is 11.4. The lowest BCUT2D eigenvalue weighted by Crippen LogP contribution is -1.99. The molecule has 2 aromatic rings. The van der Waals surface area contributed by atoms with Crippen molar-refractivity contribution in [2.45, 2.75) is 6.61 Å². The number of benzene rings is 1. The molecule has 0 radical (unpaired) electrons. The van der Waals surface area contributed by atoms with Crippen molar-refractivity contribution < 1.29 is 5.11 Å². The van der Waals surface area contributed by atoms with E-state index in [-0.39, 0.29) is 6.61 Å². The number of hydrogen-bond acceptors (Lipinski definition) is 4. The number of aliphatic hydroxyl groups excluding tert-OH is 1. The SMILES string of the molecule is OCc1ccnc(Nc2ccc(Cl)cc2)n1. The van der Waals surface area contributed by atoms with E-state index in [1.807, 2.05) is 12.1 Å². The third-order valence-corrected chi connectivity index (χ3v) is 2.23. The highest BCUT2D eigenvalue weighted by Gasteiger charge is 1.99. The minimum absolute atomic E-state index is 0.0994. The lowest BCUT2D eigenvalue weighted by atomic mass is 10.3. The molecule has 0 aliphatic heterocycles. The molecule has 5 heteroatoms. The molecule has 4 nitrogen and oxygen atoms in total. The molecular formula is C11H10ClN3O. The lowest BCUT2D eigenvalue weighted by molar-refractivity contribution is 0.277. The van der Waals surface area contributed by atoms with Gasteiger partial charge in [0.05, 0.1) is 12.3 Å². The standard InChI is InChI=1S/C11H10ClN3O/c12-8-1-3-9(4-2-8)14-11-13-6-5-10(7-16)15-11/h1-6,16H,7H2,(H,13,14,15). The number of rotatable bonds is 3. The van der Waals surface area contributed by atoms with Crippen LogP contribution in [0.2, 0.25) is 5.02 Å². The molecule has 0 fully saturated rings. The summed E-state index contributed by atoms with van der Waals surface area (Å²) in [6.45, 7) is -0.0994. The first-order chi connectivity index (χ1) is 7.78. The van der Waals surface area contributed by atoms with E-state index in [1.54, 1.807) is 24.4 Å². The van der Waals surface area contributed by atoms with E-state index in [4.69, 9.17) is 16.7 Å². The summed E-state index contributed by atoms with van der Waals surface area (Å²) in [4.78, 5) is 8.14. The number of aromatic nitrogens is 2. The highest BCUT2D eigenvalue weighted by Crippen LogP contribution is 2.16. The molecule has 2 rings (SSSR count). The van der Waals surface area contributed by atoms with E-state index < -0.39 is 0 Å². The first kappa shape index (κ1) is 10.9. The molecule has 0 saturated heterocycles. The van der Waals surface area contributed by atoms with Gasteiger partial charge < -0.3 is 10.4 Å². The van der Waals surface area contributed by atoms with Crippen LogP contribution in [-0.4, -0.2) is 15.1 Å². The number of nitrogens with one attached hydrogen (secondary N) is 1. The number of anilines is 2. The number of aliphatic hydroxyl groups is 1. The quantitative estimate of drug-likeness (QED) is 0.858. The Kier molecular flexibility index (Phi) is 3.34. The van der Waals surface area contributed by atoms with Crippen molar-refractivity contribution in [1.29, 1.82) is 0 Å². The van der Waals surface area contributed by atoms with Gasteiger partial charge in [-0.1, -0.05) is 11.6 Å². The molecule has 0 amide bonds. The van der Waals surface area contributed by atoms with Crippen LogP contribution in [0.4, 0.5) is 11.6 Å². The van der Waals surface area contributed by atoms with Crippen LogP contribution in [0.3, 0.4) is 0 Å². The number of halogens is 1. The van der Waals surface area contributed by atoms with Crippen LogP contribution < -0.4 is 5.32 Å². The van der Waals surface area contributed by atoms with Gasteiger partial charge in [0.15, 0.2) is 0 Å². The second kappa shape index (κ2) is 4.92. The molecule has 1 aromatic heterocycles. The predicted molar refractivity (Wildman–Crippen MR) is 62.7 cm³/mol. The van der Waals surface area contributed by atoms with E-state index in [9.17, 15) is 0 Å². The Morgan fingerprint density at radius 1 is 1.19 bits per heavy atom. The third-order valence-electron chi connectivity index (χ3n) is 1.98. The molecule has 1 heterocycles. The van der Waals surface area contributed by atoms with Crippen molar-refractivity contribution in [3.8, 4) is 0 Å². The topological polar surface area (TPSA) is 58.0 Å². The molecule has 0 saturated carbocycles. The van der Waals surface area contributed by atoms with Gasteiger partial charge in [0.25, 0.3) is 0 Å². The molecule has 2 N–H and O–H groups in total. The molecule has 1 aromatic carbocycles. The van der Waals surface area contributed by atoms with E-state index in [1.165, 1.54) is 0 Å². The summed E-state index contributed by atoms with van der Waals surface area (Å²) in [5.41, 5.74) is 1.42. The van der Waals surface area contributed by atoms with Gasteiger partial charge in [0, 0.05) is 16.9 Å². The Morgan fingerprint density at radius 3 is 2.62 bits per heavy atom. The average molecular weight is 236 g/mol. The molecule has 0 unspecified atom stereocenters. The molecular weight excluding hydrogens is 226 g/mol. The number of nitrogens with zero attached hydrogens (tertiary/aromatic N) is 2. The van der Waals surface area contributed by atoms with E-state index in [0.717, 1.165) is 5.69 Å². The molecule has 0 spiro atoms. The summed E-state index contributed by atoms with van der Waals surface area (Å²) >= 11 is 5.77. The van der Waals surface area contributed by atoms with Gasteiger partial charge in [-0.15, -0.1) is 0 Å². The minimum atomic E-state index is -0.0994. The summed E-state index contributed by atoms with van der Waals surface area (Å²) in [6.07, 6.45) is 1.59. The van der Waals surface area contributed by atoms with Crippen molar-refractivity contribution in [3.63, 3.8) is 0 Å². The minimum Gasteiger partial charge on any atom is -0.390 e. The monoisotopic (exact) mass is 235 g/mol. The second-order valence-corrected chi connectivity index (χ2v) is 3.60. The second-order valence-electron chi connectivity index (χ2n) is 3.16. The van der Waals surface area contributed by atoms with Gasteiger partial charge >= 0.3 is 0 Å². The molecule has 82 valence electrons. The maximum Gasteiger partial charge on any atom is 0.227 e. The highest BCUT2D eigenvalue weighted by atomic mass is 35.5. The lowest BCUT2D eigenvalue weighted by Gasteiger charge is -2.05. The van der Waals surface area contributed by atoms with Gasteiger partial charge in [0.1, 0.15) is 0 Å². The smallest absolute Gasteiger partial charge is 0.227 e. The van der Waals surface area contributed by atoms with Gasteiger partial charge in [-0.05, 0) is 30.3 Å². The fourth-order valence-electron chi connectivity index (χ4n) is 1.21. The highest BCUT2D eigenvalue weighted by molar-refractivity contribution is 6.30. The van der Waals surface area contributed by atoms with Crippen LogP contribution in [0.5, 0.6) is 0 Å². The summed E-state index contributed by atoms with van der Waals surface area (Å²) < 4.78 is 0. The fraction of sp³-hybridized carbons (Fsp3) is 0.0909. The van der Waals surface area contributed by atoms with Gasteiger partial charge in [-0.3, -0.25) is 0 Å². The first-order valence-corrected chi connectivity index (χ1v) is 5.11. The van der Waals surface area contributed by atoms with Crippen molar-refractivity contribution in [2.75, 3.05) is 5.32 Å². The zero-order valence-corrected chi connectivity index (χ0v) is 9.15. The van der Waals surface area contributed by atoms with Crippen molar-refractivity contribution in [1.82, 2.24) is 9.97 Å². The van der Waals surface area contributed by atoms with E-state index >= 15 is 0 Å². The fourth-order valence-corrected chi connectivity index (χ4v) is 1.33. The predicted octanol–water partition coefficient (Wildman–Crippen LogP) is 2.37.